The van der Waals surface area contributed by atoms with Crippen molar-refractivity contribution < 1.29 is 4.74 Å². The maximum Gasteiger partial charge on any atom is 0.275 e. The maximum atomic E-state index is 12.7. The molecule has 0 saturated heterocycles. The Morgan fingerprint density at radius 2 is 1.74 bits per heavy atom. The lowest BCUT2D eigenvalue weighted by Crippen LogP contribution is -2.25. The van der Waals surface area contributed by atoms with Gasteiger partial charge in [-0.2, -0.15) is 9.61 Å². The molecule has 2 aromatic heterocycles. The summed E-state index contributed by atoms with van der Waals surface area (Å²) in [5, 5.41) is 5.51. The minimum atomic E-state index is -0.104. The summed E-state index contributed by atoms with van der Waals surface area (Å²) in [4.78, 5) is 20.4. The number of methoxy groups -OCH3 is 1. The predicted octanol–water partition coefficient (Wildman–Crippen LogP) is 4.24. The predicted molar refractivity (Wildman–Crippen MR) is 121 cm³/mol. The van der Waals surface area contributed by atoms with E-state index in [0.717, 1.165) is 42.4 Å². The van der Waals surface area contributed by atoms with E-state index in [0.29, 0.717) is 17.4 Å². The van der Waals surface area contributed by atoms with Crippen molar-refractivity contribution in [1.82, 2.24) is 19.5 Å². The van der Waals surface area contributed by atoms with Gasteiger partial charge in [0.1, 0.15) is 10.8 Å². The van der Waals surface area contributed by atoms with Gasteiger partial charge in [0.25, 0.3) is 5.56 Å². The summed E-state index contributed by atoms with van der Waals surface area (Å²) in [6, 6.07) is 20.1. The first-order valence-corrected chi connectivity index (χ1v) is 11.3. The van der Waals surface area contributed by atoms with Gasteiger partial charge in [0.15, 0.2) is 0 Å². The number of fused-ring (bicyclic) bond motifs is 1. The molecule has 7 heteroatoms. The maximum absolute atomic E-state index is 12.7. The van der Waals surface area contributed by atoms with Gasteiger partial charge in [-0.25, -0.2) is 4.98 Å². The van der Waals surface area contributed by atoms with E-state index in [1.807, 2.05) is 30.3 Å². The zero-order valence-corrected chi connectivity index (χ0v) is 18.2. The zero-order valence-electron chi connectivity index (χ0n) is 17.4. The lowest BCUT2D eigenvalue weighted by atomic mass is 10.1. The van der Waals surface area contributed by atoms with Crippen LogP contribution in [0.1, 0.15) is 40.6 Å². The first-order valence-electron chi connectivity index (χ1n) is 10.5. The average molecular weight is 433 g/mol. The second kappa shape index (κ2) is 8.61. The third-order valence-corrected chi connectivity index (χ3v) is 6.51. The third kappa shape index (κ3) is 4.68. The van der Waals surface area contributed by atoms with Crippen molar-refractivity contribution in [2.24, 2.45) is 0 Å². The molecule has 0 aliphatic heterocycles. The molecule has 4 aromatic rings. The van der Waals surface area contributed by atoms with Crippen molar-refractivity contribution >= 4 is 16.3 Å². The standard InChI is InChI=1S/C24H24N4O2S/c1-30-21-11-7-18(8-12-21)15-27(14-17-5-3-2-4-6-17)16-20-13-22(29)28-24(25-20)31-23(26-28)19-9-10-19/h2-8,11-13,19H,9-10,14-16H2,1H3. The van der Waals surface area contributed by atoms with Crippen LogP contribution in [-0.2, 0) is 19.6 Å². The molecule has 2 heterocycles. The topological polar surface area (TPSA) is 59.7 Å². The van der Waals surface area contributed by atoms with Gasteiger partial charge in [-0.05, 0) is 36.1 Å². The van der Waals surface area contributed by atoms with E-state index >= 15 is 0 Å². The molecule has 5 rings (SSSR count). The Hall–Kier alpha value is -3.03. The largest absolute Gasteiger partial charge is 0.497 e. The minimum Gasteiger partial charge on any atom is -0.497 e. The van der Waals surface area contributed by atoms with Gasteiger partial charge < -0.3 is 4.74 Å². The molecule has 1 saturated carbocycles. The lowest BCUT2D eigenvalue weighted by Gasteiger charge is -2.22. The number of benzene rings is 2. The highest BCUT2D eigenvalue weighted by Gasteiger charge is 2.28. The van der Waals surface area contributed by atoms with Crippen LogP contribution in [0.15, 0.2) is 65.5 Å². The summed E-state index contributed by atoms with van der Waals surface area (Å²) < 4.78 is 6.73. The van der Waals surface area contributed by atoms with Crippen LogP contribution < -0.4 is 10.3 Å². The molecule has 0 bridgehead atoms. The average Bonchev–Trinajstić information content (AvgIpc) is 3.54. The summed E-state index contributed by atoms with van der Waals surface area (Å²) >= 11 is 1.54. The van der Waals surface area contributed by atoms with Crippen LogP contribution in [0.4, 0.5) is 0 Å². The third-order valence-electron chi connectivity index (χ3n) is 5.44. The summed E-state index contributed by atoms with van der Waals surface area (Å²) in [5.74, 6) is 1.36. The molecule has 0 unspecified atom stereocenters. The molecule has 0 radical (unpaired) electrons. The first-order chi connectivity index (χ1) is 15.2. The second-order valence-corrected chi connectivity index (χ2v) is 8.96. The Labute approximate surface area is 184 Å². The monoisotopic (exact) mass is 432 g/mol. The van der Waals surface area contributed by atoms with Crippen LogP contribution in [0.5, 0.6) is 5.75 Å². The van der Waals surface area contributed by atoms with E-state index in [4.69, 9.17) is 9.72 Å². The fraction of sp³-hybridized carbons (Fsp3) is 0.292. The van der Waals surface area contributed by atoms with Crippen LogP contribution >= 0.6 is 11.3 Å². The highest BCUT2D eigenvalue weighted by Crippen LogP contribution is 2.41. The quantitative estimate of drug-likeness (QED) is 0.417. The molecule has 158 valence electrons. The SMILES string of the molecule is COc1ccc(CN(Cc2ccccc2)Cc2cc(=O)n3nc(C4CC4)sc3n2)cc1. The van der Waals surface area contributed by atoms with Gasteiger partial charge >= 0.3 is 0 Å². The molecule has 1 fully saturated rings. The Morgan fingerprint density at radius 3 is 2.42 bits per heavy atom. The lowest BCUT2D eigenvalue weighted by molar-refractivity contribution is 0.244. The number of ether oxygens (including phenoxy) is 1. The Kier molecular flexibility index (Phi) is 5.53. The van der Waals surface area contributed by atoms with Crippen molar-refractivity contribution in [2.75, 3.05) is 7.11 Å². The fourth-order valence-electron chi connectivity index (χ4n) is 3.67. The number of nitrogens with zero attached hydrogens (tertiary/aromatic N) is 4. The van der Waals surface area contributed by atoms with Gasteiger partial charge in [0.2, 0.25) is 4.96 Å². The van der Waals surface area contributed by atoms with Gasteiger partial charge in [0, 0.05) is 31.6 Å². The summed E-state index contributed by atoms with van der Waals surface area (Å²) in [5.41, 5.74) is 3.08. The number of aromatic nitrogens is 3. The van der Waals surface area contributed by atoms with Crippen LogP contribution in [0, 0.1) is 0 Å². The normalized spacial score (nSPS) is 13.7. The minimum absolute atomic E-state index is 0.104. The van der Waals surface area contributed by atoms with Gasteiger partial charge in [0.05, 0.1) is 12.8 Å². The van der Waals surface area contributed by atoms with E-state index in [1.54, 1.807) is 24.5 Å². The highest BCUT2D eigenvalue weighted by molar-refractivity contribution is 7.16. The summed E-state index contributed by atoms with van der Waals surface area (Å²) in [6.07, 6.45) is 2.32. The molecule has 0 amide bonds. The second-order valence-electron chi connectivity index (χ2n) is 7.97. The van der Waals surface area contributed by atoms with Crippen LogP contribution in [0.25, 0.3) is 4.96 Å². The Bertz CT molecular complexity index is 1230. The summed E-state index contributed by atoms with van der Waals surface area (Å²) in [6.45, 7) is 2.10. The van der Waals surface area contributed by atoms with Crippen molar-refractivity contribution in [3.8, 4) is 5.75 Å². The number of hydrogen-bond acceptors (Lipinski definition) is 6. The van der Waals surface area contributed by atoms with Gasteiger partial charge in [-0.1, -0.05) is 53.8 Å². The van der Waals surface area contributed by atoms with E-state index in [-0.39, 0.29) is 5.56 Å². The molecule has 0 atom stereocenters. The summed E-state index contributed by atoms with van der Waals surface area (Å²) in [7, 11) is 1.67. The van der Waals surface area contributed by atoms with Gasteiger partial charge in [-0.3, -0.25) is 9.69 Å². The Morgan fingerprint density at radius 1 is 1.03 bits per heavy atom. The van der Waals surface area contributed by atoms with E-state index in [1.165, 1.54) is 15.6 Å². The van der Waals surface area contributed by atoms with E-state index in [2.05, 4.69) is 34.3 Å². The first kappa shape index (κ1) is 19.9. The van der Waals surface area contributed by atoms with Crippen molar-refractivity contribution in [2.45, 2.75) is 38.4 Å². The molecule has 0 N–H and O–H groups in total. The van der Waals surface area contributed by atoms with Crippen molar-refractivity contribution in [3.05, 3.63) is 92.8 Å². The molecule has 0 spiro atoms. The number of rotatable bonds is 8. The molecular weight excluding hydrogens is 408 g/mol. The molecule has 1 aliphatic carbocycles. The Balaban J connectivity index is 1.41. The molecular formula is C24H24N4O2S. The molecule has 1 aliphatic rings. The van der Waals surface area contributed by atoms with Crippen LogP contribution in [-0.4, -0.2) is 26.6 Å². The van der Waals surface area contributed by atoms with E-state index < -0.39 is 0 Å². The van der Waals surface area contributed by atoms with Crippen molar-refractivity contribution in [1.29, 1.82) is 0 Å². The highest BCUT2D eigenvalue weighted by atomic mass is 32.1. The van der Waals surface area contributed by atoms with Crippen LogP contribution in [0.3, 0.4) is 0 Å². The van der Waals surface area contributed by atoms with Gasteiger partial charge in [-0.15, -0.1) is 0 Å². The van der Waals surface area contributed by atoms with Crippen LogP contribution in [0.2, 0.25) is 0 Å². The molecule has 6 nitrogen and oxygen atoms in total. The van der Waals surface area contributed by atoms with Crippen molar-refractivity contribution in [3.63, 3.8) is 0 Å². The van der Waals surface area contributed by atoms with E-state index in [9.17, 15) is 4.79 Å². The number of hydrogen-bond donors (Lipinski definition) is 0. The molecule has 31 heavy (non-hydrogen) atoms. The smallest absolute Gasteiger partial charge is 0.275 e. The zero-order chi connectivity index (χ0) is 21.2. The fourth-order valence-corrected chi connectivity index (χ4v) is 4.77. The molecule has 2 aromatic carbocycles.